The molecule has 3 rings (SSSR count). The minimum atomic E-state index is -0.566. The van der Waals surface area contributed by atoms with Crippen LogP contribution in [0.2, 0.25) is 0 Å². The highest BCUT2D eigenvalue weighted by molar-refractivity contribution is 7.16. The van der Waals surface area contributed by atoms with Crippen LogP contribution in [0, 0.1) is 0 Å². The number of esters is 1. The third kappa shape index (κ3) is 3.91. The van der Waals surface area contributed by atoms with E-state index in [9.17, 15) is 9.59 Å². The van der Waals surface area contributed by atoms with Crippen LogP contribution in [0.1, 0.15) is 28.1 Å². The van der Waals surface area contributed by atoms with E-state index in [1.807, 2.05) is 6.92 Å². The molecule has 0 radical (unpaired) electrons. The summed E-state index contributed by atoms with van der Waals surface area (Å²) in [4.78, 5) is 33.0. The van der Waals surface area contributed by atoms with E-state index in [1.54, 1.807) is 11.5 Å². The molecule has 0 fully saturated rings. The van der Waals surface area contributed by atoms with Crippen LogP contribution in [0.25, 0.3) is 4.96 Å². The second kappa shape index (κ2) is 7.53. The highest BCUT2D eigenvalue weighted by atomic mass is 32.1. The van der Waals surface area contributed by atoms with Gasteiger partial charge in [0.15, 0.2) is 10.8 Å². The van der Waals surface area contributed by atoms with Crippen LogP contribution in [0.4, 0.5) is 5.13 Å². The van der Waals surface area contributed by atoms with Gasteiger partial charge in [0.2, 0.25) is 4.96 Å². The molecule has 0 atom stereocenters. The summed E-state index contributed by atoms with van der Waals surface area (Å²) in [5.74, 6) is -0.566. The molecule has 130 valence electrons. The van der Waals surface area contributed by atoms with Gasteiger partial charge in [0.1, 0.15) is 11.6 Å². The molecule has 0 saturated carbocycles. The van der Waals surface area contributed by atoms with Crippen molar-refractivity contribution in [3.05, 3.63) is 50.9 Å². The van der Waals surface area contributed by atoms with Gasteiger partial charge in [0, 0.05) is 18.0 Å². The highest BCUT2D eigenvalue weighted by Gasteiger charge is 2.14. The fourth-order valence-corrected chi connectivity index (χ4v) is 3.48. The topological polar surface area (TPSA) is 98.5 Å². The molecule has 0 unspecified atom stereocenters. The van der Waals surface area contributed by atoms with E-state index in [2.05, 4.69) is 27.0 Å². The number of anilines is 1. The van der Waals surface area contributed by atoms with Crippen molar-refractivity contribution in [1.82, 2.24) is 19.6 Å². The van der Waals surface area contributed by atoms with Gasteiger partial charge in [0.25, 0.3) is 5.56 Å². The van der Waals surface area contributed by atoms with Crippen molar-refractivity contribution in [1.29, 1.82) is 0 Å². The SMILES string of the molecule is C=CCNc1nc(C(=O)OCc2cc(=O)n3nc(CC)sc3n2)cs1. The fraction of sp³-hybridized carbons (Fsp3) is 0.267. The zero-order chi connectivity index (χ0) is 17.8. The first kappa shape index (κ1) is 17.2. The van der Waals surface area contributed by atoms with Crippen LogP contribution in [0.15, 0.2) is 28.9 Å². The number of ether oxygens (including phenoxy) is 1. The van der Waals surface area contributed by atoms with E-state index < -0.39 is 5.97 Å². The first-order valence-corrected chi connectivity index (χ1v) is 9.16. The fourth-order valence-electron chi connectivity index (χ4n) is 1.93. The van der Waals surface area contributed by atoms with Crippen LogP contribution >= 0.6 is 22.7 Å². The zero-order valence-corrected chi connectivity index (χ0v) is 15.0. The minimum absolute atomic E-state index is 0.100. The van der Waals surface area contributed by atoms with Crippen LogP contribution < -0.4 is 10.9 Å². The second-order valence-electron chi connectivity index (χ2n) is 4.91. The van der Waals surface area contributed by atoms with Gasteiger partial charge < -0.3 is 10.1 Å². The van der Waals surface area contributed by atoms with Crippen molar-refractivity contribution in [3.63, 3.8) is 0 Å². The maximum absolute atomic E-state index is 12.1. The van der Waals surface area contributed by atoms with Crippen LogP contribution in [0.3, 0.4) is 0 Å². The van der Waals surface area contributed by atoms with Crippen molar-refractivity contribution in [2.24, 2.45) is 0 Å². The zero-order valence-electron chi connectivity index (χ0n) is 13.4. The number of carbonyl (C=O) groups is 1. The lowest BCUT2D eigenvalue weighted by atomic mass is 10.4. The smallest absolute Gasteiger partial charge is 0.358 e. The van der Waals surface area contributed by atoms with Crippen molar-refractivity contribution in [3.8, 4) is 0 Å². The number of hydrogen-bond acceptors (Lipinski definition) is 9. The Kier molecular flexibility index (Phi) is 5.19. The van der Waals surface area contributed by atoms with Gasteiger partial charge in [0.05, 0.1) is 5.69 Å². The largest absolute Gasteiger partial charge is 0.454 e. The van der Waals surface area contributed by atoms with E-state index in [-0.39, 0.29) is 17.9 Å². The van der Waals surface area contributed by atoms with Gasteiger partial charge in [-0.15, -0.1) is 17.9 Å². The number of thiazole rings is 1. The molecule has 0 saturated heterocycles. The van der Waals surface area contributed by atoms with E-state index in [0.717, 1.165) is 11.4 Å². The Hall–Kier alpha value is -2.59. The summed E-state index contributed by atoms with van der Waals surface area (Å²) in [6.07, 6.45) is 2.42. The molecule has 0 amide bonds. The molecule has 0 aliphatic rings. The monoisotopic (exact) mass is 377 g/mol. The molecule has 3 heterocycles. The number of aryl methyl sites for hydroxylation is 1. The number of rotatable bonds is 7. The van der Waals surface area contributed by atoms with Crippen molar-refractivity contribution < 1.29 is 9.53 Å². The Morgan fingerprint density at radius 2 is 2.32 bits per heavy atom. The third-order valence-electron chi connectivity index (χ3n) is 3.10. The maximum Gasteiger partial charge on any atom is 0.358 e. The molecular weight excluding hydrogens is 362 g/mol. The summed E-state index contributed by atoms with van der Waals surface area (Å²) in [6, 6.07) is 1.32. The number of nitrogens with one attached hydrogen (secondary N) is 1. The molecule has 1 N–H and O–H groups in total. The predicted molar refractivity (Wildman–Crippen MR) is 96.4 cm³/mol. The highest BCUT2D eigenvalue weighted by Crippen LogP contribution is 2.16. The molecule has 3 aromatic rings. The number of hydrogen-bond donors (Lipinski definition) is 1. The molecule has 10 heteroatoms. The molecule has 25 heavy (non-hydrogen) atoms. The average molecular weight is 377 g/mol. The first-order chi connectivity index (χ1) is 12.1. The second-order valence-corrected chi connectivity index (χ2v) is 6.81. The van der Waals surface area contributed by atoms with Gasteiger partial charge in [-0.05, 0) is 6.42 Å². The normalized spacial score (nSPS) is 10.8. The quantitative estimate of drug-likeness (QED) is 0.497. The molecule has 0 spiro atoms. The summed E-state index contributed by atoms with van der Waals surface area (Å²) < 4.78 is 6.46. The van der Waals surface area contributed by atoms with E-state index in [4.69, 9.17) is 4.74 Å². The Bertz CT molecular complexity index is 975. The predicted octanol–water partition coefficient (Wildman–Crippen LogP) is 2.12. The molecule has 0 aliphatic heterocycles. The van der Waals surface area contributed by atoms with Crippen molar-refractivity contribution in [2.45, 2.75) is 20.0 Å². The molecule has 3 aromatic heterocycles. The number of nitrogens with zero attached hydrogens (tertiary/aromatic N) is 4. The number of carbonyl (C=O) groups excluding carboxylic acids is 1. The molecule has 0 aromatic carbocycles. The van der Waals surface area contributed by atoms with Crippen LogP contribution in [-0.2, 0) is 17.8 Å². The van der Waals surface area contributed by atoms with Gasteiger partial charge in [-0.3, -0.25) is 4.79 Å². The lowest BCUT2D eigenvalue weighted by Gasteiger charge is -2.02. The van der Waals surface area contributed by atoms with Crippen molar-refractivity contribution >= 4 is 38.7 Å². The van der Waals surface area contributed by atoms with Gasteiger partial charge in [-0.2, -0.15) is 9.61 Å². The van der Waals surface area contributed by atoms with Gasteiger partial charge in [-0.1, -0.05) is 24.3 Å². The molecule has 0 bridgehead atoms. The minimum Gasteiger partial charge on any atom is -0.454 e. The Balaban J connectivity index is 1.69. The average Bonchev–Trinajstić information content (AvgIpc) is 3.24. The van der Waals surface area contributed by atoms with E-state index >= 15 is 0 Å². The first-order valence-electron chi connectivity index (χ1n) is 7.46. The summed E-state index contributed by atoms with van der Waals surface area (Å²) in [5, 5.41) is 10.2. The Labute approximate surface area is 150 Å². The molecule has 8 nitrogen and oxygen atoms in total. The summed E-state index contributed by atoms with van der Waals surface area (Å²) >= 11 is 2.64. The van der Waals surface area contributed by atoms with Gasteiger partial charge >= 0.3 is 5.97 Å². The third-order valence-corrected chi connectivity index (χ3v) is 4.96. The number of fused-ring (bicyclic) bond motifs is 1. The van der Waals surface area contributed by atoms with E-state index in [1.165, 1.54) is 33.3 Å². The van der Waals surface area contributed by atoms with Crippen LogP contribution in [-0.4, -0.2) is 32.1 Å². The lowest BCUT2D eigenvalue weighted by molar-refractivity contribution is 0.0462. The van der Waals surface area contributed by atoms with E-state index in [0.29, 0.717) is 22.3 Å². The Morgan fingerprint density at radius 1 is 1.48 bits per heavy atom. The summed E-state index contributed by atoms with van der Waals surface area (Å²) in [6.45, 7) is 6.02. The van der Waals surface area contributed by atoms with Crippen molar-refractivity contribution in [2.75, 3.05) is 11.9 Å². The standard InChI is InChI=1S/C15H15N5O3S2/c1-3-5-16-14-18-10(8-24-14)13(22)23-7-9-6-12(21)20-15(17-9)25-11(4-2)19-20/h3,6,8H,1,4-5,7H2,2H3,(H,16,18). The molecular formula is C15H15N5O3S2. The summed E-state index contributed by atoms with van der Waals surface area (Å²) in [5.41, 5.74) is 0.293. The van der Waals surface area contributed by atoms with Crippen LogP contribution in [0.5, 0.6) is 0 Å². The maximum atomic E-state index is 12.1. The lowest BCUT2D eigenvalue weighted by Crippen LogP contribution is -2.16. The van der Waals surface area contributed by atoms with Gasteiger partial charge in [-0.25, -0.2) is 14.8 Å². The Morgan fingerprint density at radius 3 is 3.08 bits per heavy atom. The molecule has 0 aliphatic carbocycles. The summed E-state index contributed by atoms with van der Waals surface area (Å²) in [7, 11) is 0. The number of aromatic nitrogens is 4.